The van der Waals surface area contributed by atoms with Crippen molar-refractivity contribution < 1.29 is 17.6 Å². The second-order valence-corrected chi connectivity index (χ2v) is 14.0. The van der Waals surface area contributed by atoms with E-state index >= 15 is 0 Å². The highest BCUT2D eigenvalue weighted by Crippen LogP contribution is 2.32. The molecule has 0 saturated heterocycles. The Morgan fingerprint density at radius 1 is 1.00 bits per heavy atom. The van der Waals surface area contributed by atoms with Crippen LogP contribution in [0.3, 0.4) is 0 Å². The molecule has 0 unspecified atom stereocenters. The van der Waals surface area contributed by atoms with E-state index in [9.17, 15) is 17.6 Å². The van der Waals surface area contributed by atoms with Crippen LogP contribution in [0.15, 0.2) is 81.2 Å². The molecule has 0 aliphatic carbocycles. The third-order valence-electron chi connectivity index (χ3n) is 5.78. The minimum Gasteiger partial charge on any atom is -0.267 e. The van der Waals surface area contributed by atoms with Crippen molar-refractivity contribution >= 4 is 64.8 Å². The fraction of sp³-hybridized carbons (Fsp3) is 0.276. The van der Waals surface area contributed by atoms with E-state index in [2.05, 4.69) is 26.0 Å². The van der Waals surface area contributed by atoms with Crippen LogP contribution in [0.2, 0.25) is 0 Å². The van der Waals surface area contributed by atoms with E-state index in [1.165, 1.54) is 63.3 Å². The van der Waals surface area contributed by atoms with Crippen molar-refractivity contribution in [2.75, 3.05) is 18.1 Å². The van der Waals surface area contributed by atoms with Crippen LogP contribution in [0.4, 0.5) is 9.52 Å². The van der Waals surface area contributed by atoms with Crippen molar-refractivity contribution in [2.45, 2.75) is 32.6 Å². The zero-order valence-corrected chi connectivity index (χ0v) is 25.8. The number of hydrogen-bond donors (Lipinski definition) is 0. The highest BCUT2D eigenvalue weighted by molar-refractivity contribution is 9.10. The quantitative estimate of drug-likeness (QED) is 0.135. The van der Waals surface area contributed by atoms with Crippen LogP contribution in [0.1, 0.15) is 43.6 Å². The van der Waals surface area contributed by atoms with Gasteiger partial charge in [0.2, 0.25) is 15.2 Å². The molecule has 0 fully saturated rings. The number of thiazole rings is 1. The number of carbonyl (C=O) groups is 1. The second kappa shape index (κ2) is 12.7. The van der Waals surface area contributed by atoms with Gasteiger partial charge in [0.25, 0.3) is 5.91 Å². The minimum atomic E-state index is -3.74. The molecule has 40 heavy (non-hydrogen) atoms. The molecular weight excluding hydrogens is 615 g/mol. The Kier molecular flexibility index (Phi) is 9.50. The molecule has 1 heterocycles. The summed E-state index contributed by atoms with van der Waals surface area (Å²) in [5, 5.41) is 5.92. The number of hydrazone groups is 1. The van der Waals surface area contributed by atoms with Crippen LogP contribution < -0.4 is 5.01 Å². The van der Waals surface area contributed by atoms with Gasteiger partial charge in [0, 0.05) is 23.1 Å². The number of rotatable bonds is 10. The molecule has 0 radical (unpaired) electrons. The normalized spacial score (nSPS) is 12.3. The molecule has 7 nitrogen and oxygen atoms in total. The zero-order valence-electron chi connectivity index (χ0n) is 22.6. The van der Waals surface area contributed by atoms with Gasteiger partial charge in [-0.05, 0) is 72.0 Å². The van der Waals surface area contributed by atoms with Crippen LogP contribution >= 0.6 is 27.3 Å². The molecule has 1 amide bonds. The number of fused-ring (bicyclic) bond motifs is 1. The first kappa shape index (κ1) is 30.0. The molecule has 0 N–H and O–H groups in total. The molecule has 0 saturated carbocycles. The van der Waals surface area contributed by atoms with Gasteiger partial charge in [-0.25, -0.2) is 17.8 Å². The van der Waals surface area contributed by atoms with Gasteiger partial charge in [0.15, 0.2) is 0 Å². The summed E-state index contributed by atoms with van der Waals surface area (Å²) in [5.74, 6) is -0.536. The summed E-state index contributed by atoms with van der Waals surface area (Å²) in [7, 11) is -3.74. The van der Waals surface area contributed by atoms with Gasteiger partial charge in [-0.3, -0.25) is 4.79 Å². The van der Waals surface area contributed by atoms with Crippen LogP contribution in [0, 0.1) is 17.7 Å². The Labute approximate surface area is 246 Å². The number of anilines is 1. The number of carbonyl (C=O) groups excluding carboxylic acids is 1. The molecule has 0 bridgehead atoms. The van der Waals surface area contributed by atoms with E-state index in [0.29, 0.717) is 29.3 Å². The monoisotopic (exact) mass is 644 g/mol. The zero-order chi connectivity index (χ0) is 29.0. The Hall–Kier alpha value is -2.99. The summed E-state index contributed by atoms with van der Waals surface area (Å²) in [4.78, 5) is 18.4. The molecule has 3 aromatic carbocycles. The van der Waals surface area contributed by atoms with Crippen molar-refractivity contribution in [3.63, 3.8) is 0 Å². The molecule has 4 rings (SSSR count). The molecule has 0 aliphatic rings. The van der Waals surface area contributed by atoms with E-state index in [0.717, 1.165) is 9.17 Å². The van der Waals surface area contributed by atoms with Crippen molar-refractivity contribution in [1.29, 1.82) is 0 Å². The van der Waals surface area contributed by atoms with Gasteiger partial charge >= 0.3 is 0 Å². The van der Waals surface area contributed by atoms with Gasteiger partial charge < -0.3 is 0 Å². The lowest BCUT2D eigenvalue weighted by molar-refractivity contribution is 0.0987. The maximum Gasteiger partial charge on any atom is 0.280 e. The lowest BCUT2D eigenvalue weighted by Gasteiger charge is -2.25. The summed E-state index contributed by atoms with van der Waals surface area (Å²) in [5.41, 5.74) is 1.55. The number of hydrogen-bond acceptors (Lipinski definition) is 6. The average Bonchev–Trinajstić information content (AvgIpc) is 3.31. The smallest absolute Gasteiger partial charge is 0.267 e. The molecule has 210 valence electrons. The number of amides is 1. The van der Waals surface area contributed by atoms with Crippen molar-refractivity contribution in [3.8, 4) is 0 Å². The number of halogens is 2. The molecule has 1 aromatic heterocycles. The number of nitrogens with zero attached hydrogens (tertiary/aromatic N) is 4. The minimum absolute atomic E-state index is 0.122. The maximum atomic E-state index is 13.7. The molecule has 11 heteroatoms. The standard InChI is InChI=1S/C29H30BrFN4O3S2/c1-19(2)17-34(18-20(3)4)40(37,38)25-12-7-22(8-13-25)28(36)35(32-16-21-5-10-24(31)11-6-21)29-33-26-14-9-23(30)15-27(26)39-29/h5-16,19-20H,17-18H2,1-4H3/b32-16+. The van der Waals surface area contributed by atoms with E-state index in [1.807, 2.05) is 45.9 Å². The fourth-order valence-electron chi connectivity index (χ4n) is 3.96. The summed E-state index contributed by atoms with van der Waals surface area (Å²) >= 11 is 4.75. The van der Waals surface area contributed by atoms with Gasteiger partial charge in [-0.1, -0.05) is 67.1 Å². The second-order valence-electron chi connectivity index (χ2n) is 10.2. The Morgan fingerprint density at radius 3 is 2.23 bits per heavy atom. The van der Waals surface area contributed by atoms with E-state index in [4.69, 9.17) is 0 Å². The first-order valence-corrected chi connectivity index (χ1v) is 15.8. The fourth-order valence-corrected chi connectivity index (χ4v) is 7.21. The number of aromatic nitrogens is 1. The first-order valence-electron chi connectivity index (χ1n) is 12.7. The Balaban J connectivity index is 1.68. The number of sulfonamides is 1. The molecular formula is C29H30BrFN4O3S2. The SMILES string of the molecule is CC(C)CN(CC(C)C)S(=O)(=O)c1ccc(C(=O)N(/N=C/c2ccc(F)cc2)c2nc3ccc(Br)cc3s2)cc1. The summed E-state index contributed by atoms with van der Waals surface area (Å²) < 4.78 is 43.4. The largest absolute Gasteiger partial charge is 0.280 e. The lowest BCUT2D eigenvalue weighted by Crippen LogP contribution is -2.37. The van der Waals surface area contributed by atoms with Gasteiger partial charge in [-0.15, -0.1) is 0 Å². The first-order chi connectivity index (χ1) is 18.9. The maximum absolute atomic E-state index is 13.7. The molecule has 0 aliphatic heterocycles. The van der Waals surface area contributed by atoms with Crippen LogP contribution in [-0.2, 0) is 10.0 Å². The summed E-state index contributed by atoms with van der Waals surface area (Å²) in [6, 6.07) is 17.2. The van der Waals surface area contributed by atoms with Gasteiger partial charge in [0.05, 0.1) is 21.3 Å². The van der Waals surface area contributed by atoms with E-state index in [-0.39, 0.29) is 28.1 Å². The lowest BCUT2D eigenvalue weighted by atomic mass is 10.2. The third kappa shape index (κ3) is 7.20. The van der Waals surface area contributed by atoms with Gasteiger partial charge in [0.1, 0.15) is 5.82 Å². The summed E-state index contributed by atoms with van der Waals surface area (Å²) in [6.45, 7) is 8.72. The molecule has 4 aromatic rings. The van der Waals surface area contributed by atoms with Crippen molar-refractivity contribution in [3.05, 3.63) is 88.1 Å². The average molecular weight is 646 g/mol. The molecule has 0 spiro atoms. The van der Waals surface area contributed by atoms with Crippen LogP contribution in [0.5, 0.6) is 0 Å². The van der Waals surface area contributed by atoms with Crippen molar-refractivity contribution in [2.24, 2.45) is 16.9 Å². The molecule has 0 atom stereocenters. The Bertz CT molecular complexity index is 1610. The van der Waals surface area contributed by atoms with Gasteiger partial charge in [-0.2, -0.15) is 14.4 Å². The Morgan fingerprint density at radius 2 is 1.62 bits per heavy atom. The van der Waals surface area contributed by atoms with E-state index < -0.39 is 15.9 Å². The van der Waals surface area contributed by atoms with Crippen LogP contribution in [0.25, 0.3) is 10.2 Å². The van der Waals surface area contributed by atoms with Crippen LogP contribution in [-0.4, -0.2) is 42.9 Å². The summed E-state index contributed by atoms with van der Waals surface area (Å²) in [6.07, 6.45) is 1.45. The van der Waals surface area contributed by atoms with E-state index in [1.54, 1.807) is 12.1 Å². The third-order valence-corrected chi connectivity index (χ3v) is 9.11. The highest BCUT2D eigenvalue weighted by atomic mass is 79.9. The highest BCUT2D eigenvalue weighted by Gasteiger charge is 2.27. The predicted octanol–water partition coefficient (Wildman–Crippen LogP) is 7.18. The van der Waals surface area contributed by atoms with Crippen molar-refractivity contribution in [1.82, 2.24) is 9.29 Å². The number of benzene rings is 3. The topological polar surface area (TPSA) is 82.9 Å². The predicted molar refractivity (Wildman–Crippen MR) is 163 cm³/mol.